The summed E-state index contributed by atoms with van der Waals surface area (Å²) in [4.78, 5) is 53.0. The second-order valence-electron chi connectivity index (χ2n) is 7.00. The summed E-state index contributed by atoms with van der Waals surface area (Å²) >= 11 is 0. The van der Waals surface area contributed by atoms with Crippen molar-refractivity contribution in [3.8, 4) is 0 Å². The number of carbonyl (C=O) groups is 4. The van der Waals surface area contributed by atoms with E-state index in [9.17, 15) is 19.2 Å². The molecular weight excluding hydrogens is 336 g/mol. The topological polar surface area (TPSA) is 84.0 Å². The van der Waals surface area contributed by atoms with Crippen LogP contribution >= 0.6 is 0 Å². The van der Waals surface area contributed by atoms with E-state index in [1.54, 1.807) is 38.2 Å². The number of imide groups is 1. The second kappa shape index (κ2) is 5.93. The Balaban J connectivity index is 1.56. The molecule has 0 bridgehead atoms. The minimum atomic E-state index is -0.817. The lowest BCUT2D eigenvalue weighted by Crippen LogP contribution is -2.50. The fourth-order valence-electron chi connectivity index (χ4n) is 4.37. The van der Waals surface area contributed by atoms with Gasteiger partial charge in [-0.15, -0.1) is 0 Å². The van der Waals surface area contributed by atoms with E-state index < -0.39 is 17.9 Å². The van der Waals surface area contributed by atoms with Gasteiger partial charge in [0.25, 0.3) is 11.8 Å². The van der Waals surface area contributed by atoms with Crippen molar-refractivity contribution in [3.05, 3.63) is 35.4 Å². The molecule has 1 saturated carbocycles. The standard InChI is InChI=1S/C19H20N2O5/c1-3-26-19(25)14-12-8-9-13(18(24)20(2)15(12)14)21-16(22)10-6-4-5-7-11(10)17(21)23/h4-7,12-15H,3,8-9H2,1-2H3/t12?,13-,14?,15?/m0/s1. The minimum Gasteiger partial charge on any atom is -0.466 e. The highest BCUT2D eigenvalue weighted by Gasteiger charge is 2.61. The molecule has 3 unspecified atom stereocenters. The van der Waals surface area contributed by atoms with Crippen LogP contribution in [0, 0.1) is 11.8 Å². The molecule has 1 aliphatic carbocycles. The maximum absolute atomic E-state index is 13.0. The highest BCUT2D eigenvalue weighted by Crippen LogP contribution is 2.49. The van der Waals surface area contributed by atoms with Gasteiger partial charge in [0.1, 0.15) is 6.04 Å². The quantitative estimate of drug-likeness (QED) is 0.598. The molecule has 3 amide bonds. The first-order valence-corrected chi connectivity index (χ1v) is 8.87. The van der Waals surface area contributed by atoms with E-state index in [4.69, 9.17) is 4.74 Å². The molecule has 2 aliphatic heterocycles. The van der Waals surface area contributed by atoms with Gasteiger partial charge >= 0.3 is 5.97 Å². The molecule has 4 rings (SSSR count). The van der Waals surface area contributed by atoms with Gasteiger partial charge in [-0.2, -0.15) is 0 Å². The summed E-state index contributed by atoms with van der Waals surface area (Å²) in [6.45, 7) is 2.06. The number of fused-ring (bicyclic) bond motifs is 2. The minimum absolute atomic E-state index is 0.0307. The molecule has 7 heteroatoms. The number of ether oxygens (including phenoxy) is 1. The molecule has 3 aliphatic rings. The number of hydrogen-bond donors (Lipinski definition) is 0. The van der Waals surface area contributed by atoms with Crippen molar-refractivity contribution < 1.29 is 23.9 Å². The molecule has 0 aromatic heterocycles. The van der Waals surface area contributed by atoms with E-state index in [2.05, 4.69) is 0 Å². The average Bonchev–Trinajstić information content (AvgIpc) is 3.32. The molecule has 0 N–H and O–H groups in total. The molecule has 136 valence electrons. The molecule has 1 aromatic rings. The normalized spacial score (nSPS) is 30.0. The van der Waals surface area contributed by atoms with E-state index >= 15 is 0 Å². The number of benzene rings is 1. The fraction of sp³-hybridized carbons (Fsp3) is 0.474. The monoisotopic (exact) mass is 356 g/mol. The summed E-state index contributed by atoms with van der Waals surface area (Å²) in [6, 6.07) is 5.59. The van der Waals surface area contributed by atoms with Crippen molar-refractivity contribution in [1.82, 2.24) is 9.80 Å². The van der Waals surface area contributed by atoms with Crippen LogP contribution in [0.1, 0.15) is 40.5 Å². The number of likely N-dealkylation sites (tertiary alicyclic amines) is 1. The van der Waals surface area contributed by atoms with E-state index in [0.29, 0.717) is 30.6 Å². The summed E-state index contributed by atoms with van der Waals surface area (Å²) in [6.07, 6.45) is 0.966. The van der Waals surface area contributed by atoms with Crippen LogP contribution in [0.5, 0.6) is 0 Å². The molecule has 1 saturated heterocycles. The van der Waals surface area contributed by atoms with Gasteiger partial charge in [0, 0.05) is 13.1 Å². The second-order valence-corrected chi connectivity index (χ2v) is 7.00. The van der Waals surface area contributed by atoms with Gasteiger partial charge in [0.15, 0.2) is 0 Å². The summed E-state index contributed by atoms with van der Waals surface area (Å²) in [5.74, 6) is -1.68. The number of carbonyl (C=O) groups excluding carboxylic acids is 4. The van der Waals surface area contributed by atoms with Crippen molar-refractivity contribution in [2.24, 2.45) is 11.8 Å². The van der Waals surface area contributed by atoms with E-state index in [1.807, 2.05) is 0 Å². The molecule has 2 fully saturated rings. The van der Waals surface area contributed by atoms with Crippen molar-refractivity contribution >= 4 is 23.7 Å². The lowest BCUT2D eigenvalue weighted by molar-refractivity contribution is -0.146. The van der Waals surface area contributed by atoms with Gasteiger partial charge < -0.3 is 9.64 Å². The SMILES string of the molecule is CCOC(=O)C1C2CC[C@H](N3C(=O)c4ccccc4C3=O)C(=O)N(C)C21. The number of rotatable bonds is 3. The van der Waals surface area contributed by atoms with E-state index in [1.165, 1.54) is 4.90 Å². The lowest BCUT2D eigenvalue weighted by Gasteiger charge is -2.28. The fourth-order valence-corrected chi connectivity index (χ4v) is 4.37. The Kier molecular flexibility index (Phi) is 3.82. The Morgan fingerprint density at radius 1 is 1.12 bits per heavy atom. The van der Waals surface area contributed by atoms with Crippen LogP contribution in [0.25, 0.3) is 0 Å². The Bertz CT molecular complexity index is 785. The number of likely N-dealkylation sites (N-methyl/N-ethyl adjacent to an activating group) is 1. The van der Waals surface area contributed by atoms with E-state index in [0.717, 1.165) is 4.90 Å². The summed E-state index contributed by atoms with van der Waals surface area (Å²) in [5, 5.41) is 0. The van der Waals surface area contributed by atoms with Gasteiger partial charge in [-0.3, -0.25) is 24.1 Å². The predicted molar refractivity (Wildman–Crippen MR) is 90.1 cm³/mol. The number of esters is 1. The number of hydrogen-bond acceptors (Lipinski definition) is 5. The molecular formula is C19H20N2O5. The van der Waals surface area contributed by atoms with Crippen molar-refractivity contribution in [3.63, 3.8) is 0 Å². The molecule has 26 heavy (non-hydrogen) atoms. The van der Waals surface area contributed by atoms with Crippen LogP contribution < -0.4 is 0 Å². The first kappa shape index (κ1) is 16.8. The zero-order chi connectivity index (χ0) is 18.6. The maximum Gasteiger partial charge on any atom is 0.311 e. The predicted octanol–water partition coefficient (Wildman–Crippen LogP) is 1.08. The average molecular weight is 356 g/mol. The van der Waals surface area contributed by atoms with Gasteiger partial charge in [0.05, 0.1) is 23.7 Å². The third-order valence-corrected chi connectivity index (χ3v) is 5.68. The van der Waals surface area contributed by atoms with Crippen LogP contribution in [-0.4, -0.2) is 59.2 Å². The Morgan fingerprint density at radius 3 is 2.31 bits per heavy atom. The number of amides is 3. The van der Waals surface area contributed by atoms with E-state index in [-0.39, 0.29) is 29.8 Å². The van der Waals surface area contributed by atoms with Gasteiger partial charge in [-0.1, -0.05) is 12.1 Å². The van der Waals surface area contributed by atoms with Gasteiger partial charge in [-0.05, 0) is 37.8 Å². The van der Waals surface area contributed by atoms with Crippen LogP contribution in [0.3, 0.4) is 0 Å². The lowest BCUT2D eigenvalue weighted by atomic mass is 10.1. The third-order valence-electron chi connectivity index (χ3n) is 5.68. The van der Waals surface area contributed by atoms with Crippen LogP contribution in [0.4, 0.5) is 0 Å². The smallest absolute Gasteiger partial charge is 0.311 e. The molecule has 0 spiro atoms. The summed E-state index contributed by atoms with van der Waals surface area (Å²) < 4.78 is 5.09. The highest BCUT2D eigenvalue weighted by molar-refractivity contribution is 6.22. The highest BCUT2D eigenvalue weighted by atomic mass is 16.5. The maximum atomic E-state index is 13.0. The van der Waals surface area contributed by atoms with Crippen molar-refractivity contribution in [2.45, 2.75) is 31.8 Å². The van der Waals surface area contributed by atoms with Crippen molar-refractivity contribution in [1.29, 1.82) is 0 Å². The first-order valence-electron chi connectivity index (χ1n) is 8.87. The van der Waals surface area contributed by atoms with Gasteiger partial charge in [-0.25, -0.2) is 0 Å². The summed E-state index contributed by atoms with van der Waals surface area (Å²) in [7, 11) is 1.63. The Hall–Kier alpha value is -2.70. The zero-order valence-corrected chi connectivity index (χ0v) is 14.7. The van der Waals surface area contributed by atoms with Crippen LogP contribution in [0.2, 0.25) is 0 Å². The Labute approximate surface area is 150 Å². The molecule has 7 nitrogen and oxygen atoms in total. The molecule has 2 heterocycles. The Morgan fingerprint density at radius 2 is 1.73 bits per heavy atom. The third kappa shape index (κ3) is 2.26. The molecule has 1 aromatic carbocycles. The zero-order valence-electron chi connectivity index (χ0n) is 14.7. The van der Waals surface area contributed by atoms with Crippen molar-refractivity contribution in [2.75, 3.05) is 13.7 Å². The van der Waals surface area contributed by atoms with Crippen LogP contribution in [0.15, 0.2) is 24.3 Å². The largest absolute Gasteiger partial charge is 0.466 e. The number of nitrogens with zero attached hydrogens (tertiary/aromatic N) is 2. The first-order chi connectivity index (χ1) is 12.5. The van der Waals surface area contributed by atoms with Crippen LogP contribution in [-0.2, 0) is 14.3 Å². The molecule has 0 radical (unpaired) electrons. The molecule has 4 atom stereocenters. The van der Waals surface area contributed by atoms with Gasteiger partial charge in [0.2, 0.25) is 5.91 Å². The summed E-state index contributed by atoms with van der Waals surface area (Å²) in [5.41, 5.74) is 0.679.